The van der Waals surface area contributed by atoms with E-state index in [2.05, 4.69) is 23.8 Å². The van der Waals surface area contributed by atoms with Crippen LogP contribution in [0.3, 0.4) is 0 Å². The summed E-state index contributed by atoms with van der Waals surface area (Å²) in [5, 5.41) is 8.89. The van der Waals surface area contributed by atoms with Crippen LogP contribution in [0.4, 0.5) is 0 Å². The molecular formula is C7H16N4. The normalized spacial score (nSPS) is 14.3. The predicted molar refractivity (Wildman–Crippen MR) is 48.4 cm³/mol. The predicted octanol–water partition coefficient (Wildman–Crippen LogP) is 0.852. The molecule has 0 heterocycles. The van der Waals surface area contributed by atoms with E-state index in [0.29, 0.717) is 11.8 Å². The first-order valence-corrected chi connectivity index (χ1v) is 3.66. The quantitative estimate of drug-likeness (QED) is 0.373. The van der Waals surface area contributed by atoms with Crippen LogP contribution in [0.2, 0.25) is 0 Å². The molecular weight excluding hydrogens is 140 g/mol. The number of hydrazone groups is 2. The van der Waals surface area contributed by atoms with Crippen LogP contribution in [-0.4, -0.2) is 24.7 Å². The summed E-state index contributed by atoms with van der Waals surface area (Å²) in [7, 11) is 1.70. The van der Waals surface area contributed by atoms with Crippen molar-refractivity contribution in [2.75, 3.05) is 7.05 Å². The van der Waals surface area contributed by atoms with E-state index in [1.165, 1.54) is 5.12 Å². The van der Waals surface area contributed by atoms with E-state index < -0.39 is 0 Å². The van der Waals surface area contributed by atoms with Gasteiger partial charge in [-0.1, -0.05) is 13.8 Å². The van der Waals surface area contributed by atoms with Crippen molar-refractivity contribution in [3.05, 3.63) is 0 Å². The van der Waals surface area contributed by atoms with Gasteiger partial charge in [-0.15, -0.1) is 5.10 Å². The Labute approximate surface area is 67.8 Å². The monoisotopic (exact) mass is 156 g/mol. The third-order valence-electron chi connectivity index (χ3n) is 1.58. The lowest BCUT2D eigenvalue weighted by Crippen LogP contribution is -2.23. The first kappa shape index (κ1) is 9.94. The molecule has 0 rings (SSSR count). The molecule has 0 radical (unpaired) electrons. The Kier molecular flexibility index (Phi) is 4.26. The lowest BCUT2D eigenvalue weighted by molar-refractivity contribution is 0.376. The van der Waals surface area contributed by atoms with Crippen molar-refractivity contribution in [2.24, 2.45) is 21.9 Å². The van der Waals surface area contributed by atoms with E-state index in [1.54, 1.807) is 7.05 Å². The van der Waals surface area contributed by atoms with E-state index in [1.807, 2.05) is 6.92 Å². The number of hydrogen-bond acceptors (Lipinski definition) is 3. The molecule has 4 nitrogen and oxygen atoms in total. The topological polar surface area (TPSA) is 54.0 Å². The van der Waals surface area contributed by atoms with E-state index in [0.717, 1.165) is 6.42 Å². The molecule has 64 valence electrons. The fourth-order valence-electron chi connectivity index (χ4n) is 0.506. The van der Waals surface area contributed by atoms with Crippen molar-refractivity contribution in [3.63, 3.8) is 0 Å². The highest BCUT2D eigenvalue weighted by molar-refractivity contribution is 5.82. The number of hydrogen-bond donors (Lipinski definition) is 1. The van der Waals surface area contributed by atoms with E-state index in [4.69, 9.17) is 5.73 Å². The van der Waals surface area contributed by atoms with Crippen LogP contribution < -0.4 is 5.73 Å². The van der Waals surface area contributed by atoms with Gasteiger partial charge in [-0.05, 0) is 6.42 Å². The molecule has 0 aromatic carbocycles. The van der Waals surface area contributed by atoms with Crippen LogP contribution in [-0.2, 0) is 0 Å². The SMILES string of the molecule is C=NN(C)N=C(N)C(C)CC. The summed E-state index contributed by atoms with van der Waals surface area (Å²) in [6.45, 7) is 7.40. The summed E-state index contributed by atoms with van der Waals surface area (Å²) in [4.78, 5) is 0. The first-order chi connectivity index (χ1) is 5.11. The summed E-state index contributed by atoms with van der Waals surface area (Å²) in [6, 6.07) is 0. The van der Waals surface area contributed by atoms with E-state index in [9.17, 15) is 0 Å². The van der Waals surface area contributed by atoms with Gasteiger partial charge in [0.2, 0.25) is 0 Å². The second-order valence-electron chi connectivity index (χ2n) is 2.47. The van der Waals surface area contributed by atoms with Crippen LogP contribution in [0.15, 0.2) is 10.2 Å². The van der Waals surface area contributed by atoms with Gasteiger partial charge in [-0.3, -0.25) is 0 Å². The largest absolute Gasteiger partial charge is 0.385 e. The van der Waals surface area contributed by atoms with Gasteiger partial charge in [0.15, 0.2) is 0 Å². The summed E-state index contributed by atoms with van der Waals surface area (Å²) < 4.78 is 0. The highest BCUT2D eigenvalue weighted by atomic mass is 15.6. The maximum absolute atomic E-state index is 5.62. The Morgan fingerprint density at radius 1 is 1.73 bits per heavy atom. The molecule has 0 bridgehead atoms. The molecule has 0 spiro atoms. The van der Waals surface area contributed by atoms with Gasteiger partial charge in [0.05, 0.1) is 0 Å². The molecule has 0 amide bonds. The van der Waals surface area contributed by atoms with Crippen LogP contribution >= 0.6 is 0 Å². The van der Waals surface area contributed by atoms with Crippen LogP contribution in [0.5, 0.6) is 0 Å². The highest BCUT2D eigenvalue weighted by Gasteiger charge is 2.03. The molecule has 0 saturated carbocycles. The van der Waals surface area contributed by atoms with Gasteiger partial charge in [0.25, 0.3) is 0 Å². The van der Waals surface area contributed by atoms with Gasteiger partial charge in [0.1, 0.15) is 5.84 Å². The minimum atomic E-state index is 0.305. The zero-order valence-corrected chi connectivity index (χ0v) is 7.41. The second kappa shape index (κ2) is 4.71. The molecule has 4 heteroatoms. The molecule has 0 aromatic rings. The van der Waals surface area contributed by atoms with Crippen molar-refractivity contribution in [2.45, 2.75) is 20.3 Å². The van der Waals surface area contributed by atoms with Crippen LogP contribution in [0, 0.1) is 5.92 Å². The van der Waals surface area contributed by atoms with Gasteiger partial charge in [-0.25, -0.2) is 0 Å². The molecule has 0 fully saturated rings. The third kappa shape index (κ3) is 3.60. The summed E-state index contributed by atoms with van der Waals surface area (Å²) >= 11 is 0. The standard InChI is InChI=1S/C7H16N4/c1-5-6(2)7(8)10-11(4)9-3/h6H,3,5H2,1-2,4H3,(H2,8,10). The van der Waals surface area contributed by atoms with Crippen molar-refractivity contribution < 1.29 is 0 Å². The molecule has 0 aliphatic heterocycles. The summed E-state index contributed by atoms with van der Waals surface area (Å²) in [5.41, 5.74) is 5.62. The fraction of sp³-hybridized carbons (Fsp3) is 0.714. The van der Waals surface area contributed by atoms with Gasteiger partial charge in [-0.2, -0.15) is 10.2 Å². The Balaban J connectivity index is 4.08. The molecule has 0 aliphatic carbocycles. The van der Waals surface area contributed by atoms with Crippen molar-refractivity contribution in [3.8, 4) is 0 Å². The molecule has 1 atom stereocenters. The maximum atomic E-state index is 5.62. The van der Waals surface area contributed by atoms with Crippen LogP contribution in [0.25, 0.3) is 0 Å². The average molecular weight is 156 g/mol. The smallest absolute Gasteiger partial charge is 0.124 e. The number of amidine groups is 1. The maximum Gasteiger partial charge on any atom is 0.124 e. The van der Waals surface area contributed by atoms with Crippen molar-refractivity contribution in [1.82, 2.24) is 5.12 Å². The van der Waals surface area contributed by atoms with Gasteiger partial charge >= 0.3 is 0 Å². The first-order valence-electron chi connectivity index (χ1n) is 3.66. The zero-order chi connectivity index (χ0) is 8.85. The average Bonchev–Trinajstić information content (AvgIpc) is 2.02. The Bertz CT molecular complexity index is 153. The number of rotatable bonds is 4. The van der Waals surface area contributed by atoms with Gasteiger partial charge in [0, 0.05) is 19.7 Å². The minimum Gasteiger partial charge on any atom is -0.385 e. The number of nitrogens with zero attached hydrogens (tertiary/aromatic N) is 3. The fourth-order valence-corrected chi connectivity index (χ4v) is 0.506. The zero-order valence-electron chi connectivity index (χ0n) is 7.41. The highest BCUT2D eigenvalue weighted by Crippen LogP contribution is 2.00. The van der Waals surface area contributed by atoms with Crippen molar-refractivity contribution in [1.29, 1.82) is 0 Å². The lowest BCUT2D eigenvalue weighted by Gasteiger charge is -2.10. The Morgan fingerprint density at radius 3 is 2.64 bits per heavy atom. The third-order valence-corrected chi connectivity index (χ3v) is 1.58. The van der Waals surface area contributed by atoms with Crippen LogP contribution in [0.1, 0.15) is 20.3 Å². The Morgan fingerprint density at radius 2 is 2.27 bits per heavy atom. The minimum absolute atomic E-state index is 0.305. The molecule has 11 heavy (non-hydrogen) atoms. The summed E-state index contributed by atoms with van der Waals surface area (Å²) in [6.07, 6.45) is 0.986. The molecule has 0 saturated heterocycles. The van der Waals surface area contributed by atoms with E-state index in [-0.39, 0.29) is 0 Å². The number of nitrogens with two attached hydrogens (primary N) is 1. The second-order valence-corrected chi connectivity index (χ2v) is 2.47. The molecule has 2 N–H and O–H groups in total. The van der Waals surface area contributed by atoms with E-state index >= 15 is 0 Å². The molecule has 0 aliphatic rings. The lowest BCUT2D eigenvalue weighted by atomic mass is 10.1. The van der Waals surface area contributed by atoms with Gasteiger partial charge < -0.3 is 5.73 Å². The Hall–Kier alpha value is -1.06. The van der Waals surface area contributed by atoms with Crippen molar-refractivity contribution >= 4 is 12.6 Å². The summed E-state index contributed by atoms with van der Waals surface area (Å²) in [5.74, 6) is 0.904. The molecule has 0 aromatic heterocycles. The molecule has 1 unspecified atom stereocenters.